The van der Waals surface area contributed by atoms with Crippen molar-refractivity contribution in [2.75, 3.05) is 0 Å². The van der Waals surface area contributed by atoms with Gasteiger partial charge in [0.1, 0.15) is 0 Å². The monoisotopic (exact) mass is 314 g/mol. The highest BCUT2D eigenvalue weighted by molar-refractivity contribution is 6.35. The van der Waals surface area contributed by atoms with Crippen molar-refractivity contribution in [1.82, 2.24) is 29.4 Å². The van der Waals surface area contributed by atoms with E-state index >= 15 is 0 Å². The van der Waals surface area contributed by atoms with E-state index in [9.17, 15) is 4.79 Å². The summed E-state index contributed by atoms with van der Waals surface area (Å²) in [6.07, 6.45) is 1.83. The zero-order valence-electron chi connectivity index (χ0n) is 11.8. The molecule has 1 N–H and O–H groups in total. The van der Waals surface area contributed by atoms with Crippen LogP contribution in [0.25, 0.3) is 27.9 Å². The van der Waals surface area contributed by atoms with E-state index in [1.165, 1.54) is 4.52 Å². The van der Waals surface area contributed by atoms with E-state index in [1.807, 2.05) is 32.3 Å². The number of aromatic amines is 1. The number of hydrogen-bond acceptors (Lipinski definition) is 4. The standard InChI is InChI=1S/C14H11ClN6O/c1-7-9(6-20(2)18-7)12-17-13-8-4-3-5-10(15)11(8)16-14(22)21(13)19-12/h3-6H,1-2H3,(H,16,22). The van der Waals surface area contributed by atoms with E-state index in [2.05, 4.69) is 20.2 Å². The molecule has 0 spiro atoms. The van der Waals surface area contributed by atoms with Gasteiger partial charge >= 0.3 is 5.69 Å². The second-order valence-electron chi connectivity index (χ2n) is 5.07. The second-order valence-corrected chi connectivity index (χ2v) is 5.47. The molecule has 0 amide bonds. The lowest BCUT2D eigenvalue weighted by Gasteiger charge is -2.00. The van der Waals surface area contributed by atoms with Crippen LogP contribution in [0.5, 0.6) is 0 Å². The number of H-pyrrole nitrogens is 1. The van der Waals surface area contributed by atoms with E-state index < -0.39 is 0 Å². The molecule has 0 bridgehead atoms. The lowest BCUT2D eigenvalue weighted by molar-refractivity contribution is 0.756. The molecule has 0 aliphatic heterocycles. The largest absolute Gasteiger partial charge is 0.348 e. The lowest BCUT2D eigenvalue weighted by atomic mass is 10.2. The summed E-state index contributed by atoms with van der Waals surface area (Å²) in [6, 6.07) is 5.38. The first-order chi connectivity index (χ1) is 10.5. The molecular weight excluding hydrogens is 304 g/mol. The number of fused-ring (bicyclic) bond motifs is 3. The number of benzene rings is 1. The van der Waals surface area contributed by atoms with Gasteiger partial charge in [-0.25, -0.2) is 9.78 Å². The summed E-state index contributed by atoms with van der Waals surface area (Å²) < 4.78 is 2.94. The molecule has 0 saturated carbocycles. The highest BCUT2D eigenvalue weighted by Gasteiger charge is 2.16. The fourth-order valence-corrected chi connectivity index (χ4v) is 2.78. The Balaban J connectivity index is 2.11. The molecule has 0 saturated heterocycles. The summed E-state index contributed by atoms with van der Waals surface area (Å²) in [4.78, 5) is 19.4. The number of halogens is 1. The maximum Gasteiger partial charge on any atom is 0.348 e. The van der Waals surface area contributed by atoms with Crippen LogP contribution in [0.3, 0.4) is 0 Å². The maximum absolute atomic E-state index is 12.2. The first kappa shape index (κ1) is 13.0. The van der Waals surface area contributed by atoms with Crippen molar-refractivity contribution < 1.29 is 0 Å². The summed E-state index contributed by atoms with van der Waals surface area (Å²) in [5.74, 6) is 0.462. The predicted molar refractivity (Wildman–Crippen MR) is 83.1 cm³/mol. The first-order valence-corrected chi connectivity index (χ1v) is 7.00. The van der Waals surface area contributed by atoms with E-state index in [0.29, 0.717) is 22.0 Å². The van der Waals surface area contributed by atoms with E-state index in [4.69, 9.17) is 11.6 Å². The molecule has 0 radical (unpaired) electrons. The zero-order chi connectivity index (χ0) is 15.4. The third-order valence-electron chi connectivity index (χ3n) is 3.54. The van der Waals surface area contributed by atoms with Gasteiger partial charge in [-0.1, -0.05) is 17.7 Å². The fraction of sp³-hybridized carbons (Fsp3) is 0.143. The number of para-hydroxylation sites is 1. The van der Waals surface area contributed by atoms with Crippen LogP contribution in [-0.4, -0.2) is 29.4 Å². The van der Waals surface area contributed by atoms with E-state index in [-0.39, 0.29) is 5.69 Å². The normalized spacial score (nSPS) is 11.6. The summed E-state index contributed by atoms with van der Waals surface area (Å²) >= 11 is 6.14. The van der Waals surface area contributed by atoms with Crippen molar-refractivity contribution in [3.05, 3.63) is 45.6 Å². The van der Waals surface area contributed by atoms with E-state index in [0.717, 1.165) is 16.6 Å². The molecule has 1 aromatic carbocycles. The Morgan fingerprint density at radius 3 is 2.82 bits per heavy atom. The molecular formula is C14H11ClN6O. The van der Waals surface area contributed by atoms with Crippen LogP contribution >= 0.6 is 11.6 Å². The quantitative estimate of drug-likeness (QED) is 0.582. The molecule has 0 unspecified atom stereocenters. The number of hydrogen-bond donors (Lipinski definition) is 1. The Morgan fingerprint density at radius 2 is 2.09 bits per heavy atom. The number of nitrogens with zero attached hydrogens (tertiary/aromatic N) is 5. The predicted octanol–water partition coefficient (Wildman–Crippen LogP) is 1.93. The minimum atomic E-state index is -0.379. The van der Waals surface area contributed by atoms with Gasteiger partial charge in [-0.15, -0.1) is 5.10 Å². The highest BCUT2D eigenvalue weighted by atomic mass is 35.5. The van der Waals surface area contributed by atoms with Crippen LogP contribution in [0.15, 0.2) is 29.2 Å². The Labute approximate surface area is 129 Å². The van der Waals surface area contributed by atoms with Gasteiger partial charge in [0.05, 0.1) is 21.8 Å². The number of aromatic nitrogens is 6. The van der Waals surface area contributed by atoms with E-state index in [1.54, 1.807) is 10.7 Å². The Kier molecular flexibility index (Phi) is 2.61. The van der Waals surface area contributed by atoms with Gasteiger partial charge in [-0.05, 0) is 19.1 Å². The molecule has 7 nitrogen and oxygen atoms in total. The van der Waals surface area contributed by atoms with Gasteiger partial charge in [0.2, 0.25) is 0 Å². The molecule has 0 aliphatic rings. The average molecular weight is 315 g/mol. The van der Waals surface area contributed by atoms with Gasteiger partial charge in [0, 0.05) is 18.6 Å². The summed E-state index contributed by atoms with van der Waals surface area (Å²) in [6.45, 7) is 1.88. The van der Waals surface area contributed by atoms with Crippen LogP contribution < -0.4 is 5.69 Å². The fourth-order valence-electron chi connectivity index (χ4n) is 2.56. The molecule has 3 aromatic heterocycles. The van der Waals surface area contributed by atoms with Crippen LogP contribution in [-0.2, 0) is 7.05 Å². The molecule has 3 heterocycles. The van der Waals surface area contributed by atoms with Crippen molar-refractivity contribution in [2.24, 2.45) is 7.05 Å². The van der Waals surface area contributed by atoms with Crippen molar-refractivity contribution in [2.45, 2.75) is 6.92 Å². The SMILES string of the molecule is Cc1nn(C)cc1-c1nc2c3cccc(Cl)c3[nH]c(=O)n2n1. The maximum atomic E-state index is 12.2. The van der Waals surface area contributed by atoms with Crippen LogP contribution in [0.1, 0.15) is 5.69 Å². The van der Waals surface area contributed by atoms with Gasteiger partial charge < -0.3 is 4.98 Å². The van der Waals surface area contributed by atoms with Crippen molar-refractivity contribution in [1.29, 1.82) is 0 Å². The highest BCUT2D eigenvalue weighted by Crippen LogP contribution is 2.25. The molecule has 0 fully saturated rings. The van der Waals surface area contributed by atoms with Crippen LogP contribution in [0.4, 0.5) is 0 Å². The van der Waals surface area contributed by atoms with Gasteiger partial charge in [0.25, 0.3) is 0 Å². The lowest BCUT2D eigenvalue weighted by Crippen LogP contribution is -2.17. The van der Waals surface area contributed by atoms with Gasteiger partial charge in [-0.2, -0.15) is 9.61 Å². The Hall–Kier alpha value is -2.67. The smallest absolute Gasteiger partial charge is 0.304 e. The molecule has 0 atom stereocenters. The number of nitrogens with one attached hydrogen (secondary N) is 1. The first-order valence-electron chi connectivity index (χ1n) is 6.62. The minimum absolute atomic E-state index is 0.379. The molecule has 4 rings (SSSR count). The zero-order valence-corrected chi connectivity index (χ0v) is 12.6. The minimum Gasteiger partial charge on any atom is -0.304 e. The van der Waals surface area contributed by atoms with Gasteiger partial charge in [0.15, 0.2) is 11.5 Å². The molecule has 0 aliphatic carbocycles. The third kappa shape index (κ3) is 1.75. The molecule has 4 aromatic rings. The Morgan fingerprint density at radius 1 is 1.27 bits per heavy atom. The Bertz CT molecular complexity index is 1090. The van der Waals surface area contributed by atoms with Crippen molar-refractivity contribution in [3.63, 3.8) is 0 Å². The molecule has 22 heavy (non-hydrogen) atoms. The summed E-state index contributed by atoms with van der Waals surface area (Å²) in [7, 11) is 1.83. The van der Waals surface area contributed by atoms with Crippen molar-refractivity contribution >= 4 is 28.2 Å². The summed E-state index contributed by atoms with van der Waals surface area (Å²) in [5.41, 5.74) is 2.25. The number of rotatable bonds is 1. The van der Waals surface area contributed by atoms with Crippen LogP contribution in [0.2, 0.25) is 5.02 Å². The molecule has 8 heteroatoms. The summed E-state index contributed by atoms with van der Waals surface area (Å²) in [5, 5.41) is 9.79. The third-order valence-corrected chi connectivity index (χ3v) is 3.86. The number of aryl methyl sites for hydroxylation is 2. The second kappa shape index (κ2) is 4.41. The van der Waals surface area contributed by atoms with Crippen molar-refractivity contribution in [3.8, 4) is 11.4 Å². The van der Waals surface area contributed by atoms with Gasteiger partial charge in [-0.3, -0.25) is 4.68 Å². The average Bonchev–Trinajstić information content (AvgIpc) is 3.04. The topological polar surface area (TPSA) is 80.9 Å². The van der Waals surface area contributed by atoms with Crippen LogP contribution in [0, 0.1) is 6.92 Å². The molecule has 110 valence electrons.